The van der Waals surface area contributed by atoms with Gasteiger partial charge in [-0.05, 0) is 157 Å². The normalized spacial score (nSPS) is 12.3. The van der Waals surface area contributed by atoms with E-state index < -0.39 is 0 Å². The van der Waals surface area contributed by atoms with E-state index >= 15 is 0 Å². The maximum Gasteiger partial charge on any atom is 0.0216 e. The topological polar surface area (TPSA) is 0 Å². The molecular formula is C52H65Br5. The van der Waals surface area contributed by atoms with Crippen LogP contribution in [0.25, 0.3) is 22.3 Å². The Labute approximate surface area is 389 Å². The SMILES string of the molecule is Brc1ccc2c(c1)Cc1cc(Br)ccc1-2.C=CCCCCCCBr.C=CCCCCCCC1(CCCCCCC=C)c2cc(Br)ccc2-c2ccc(Br)cc21.CC. The van der Waals surface area contributed by atoms with Crippen molar-refractivity contribution in [2.75, 3.05) is 5.33 Å². The van der Waals surface area contributed by atoms with Crippen LogP contribution in [0.2, 0.25) is 0 Å². The minimum absolute atomic E-state index is 0.134. The van der Waals surface area contributed by atoms with Gasteiger partial charge in [-0.2, -0.15) is 0 Å². The lowest BCUT2D eigenvalue weighted by Crippen LogP contribution is -2.25. The van der Waals surface area contributed by atoms with Gasteiger partial charge in [0, 0.05) is 28.6 Å². The van der Waals surface area contributed by atoms with Gasteiger partial charge in [0.2, 0.25) is 0 Å². The smallest absolute Gasteiger partial charge is 0.0216 e. The molecule has 2 aliphatic carbocycles. The zero-order valence-electron chi connectivity index (χ0n) is 34.6. The van der Waals surface area contributed by atoms with Crippen molar-refractivity contribution in [3.63, 3.8) is 0 Å². The number of hydrogen-bond donors (Lipinski definition) is 0. The Morgan fingerprint density at radius 2 is 0.789 bits per heavy atom. The highest BCUT2D eigenvalue weighted by Gasteiger charge is 2.42. The number of halogens is 5. The molecule has 0 saturated carbocycles. The molecule has 6 rings (SSSR count). The molecule has 0 bridgehead atoms. The first kappa shape index (κ1) is 49.9. The summed E-state index contributed by atoms with van der Waals surface area (Å²) >= 11 is 18.0. The average Bonchev–Trinajstić information content (AvgIpc) is 3.69. The van der Waals surface area contributed by atoms with E-state index in [-0.39, 0.29) is 5.41 Å². The first-order valence-electron chi connectivity index (χ1n) is 21.3. The van der Waals surface area contributed by atoms with Crippen LogP contribution >= 0.6 is 79.6 Å². The second-order valence-electron chi connectivity index (χ2n) is 14.9. The summed E-state index contributed by atoms with van der Waals surface area (Å²) in [5.41, 5.74) is 11.7. The van der Waals surface area contributed by atoms with Crippen molar-refractivity contribution < 1.29 is 0 Å². The first-order valence-corrected chi connectivity index (χ1v) is 25.6. The van der Waals surface area contributed by atoms with Gasteiger partial charge in [-0.25, -0.2) is 0 Å². The fraction of sp³-hybridized carbons (Fsp3) is 0.423. The number of rotatable bonds is 20. The van der Waals surface area contributed by atoms with Crippen LogP contribution in [0.3, 0.4) is 0 Å². The van der Waals surface area contributed by atoms with Crippen LogP contribution in [0.1, 0.15) is 145 Å². The quantitative estimate of drug-likeness (QED) is 0.0414. The highest BCUT2D eigenvalue weighted by Crippen LogP contribution is 2.55. The highest BCUT2D eigenvalue weighted by atomic mass is 79.9. The maximum absolute atomic E-state index is 3.87. The lowest BCUT2D eigenvalue weighted by atomic mass is 9.70. The maximum atomic E-state index is 3.87. The number of alkyl halides is 1. The number of allylic oxidation sites excluding steroid dienone is 3. The van der Waals surface area contributed by atoms with Gasteiger partial charge in [-0.1, -0.05) is 187 Å². The second-order valence-corrected chi connectivity index (χ2v) is 19.4. The Balaban J connectivity index is 0.000000274. The second kappa shape index (κ2) is 28.1. The van der Waals surface area contributed by atoms with E-state index in [9.17, 15) is 0 Å². The lowest BCUT2D eigenvalue weighted by Gasteiger charge is -2.33. The van der Waals surface area contributed by atoms with E-state index in [0.717, 1.165) is 33.5 Å². The van der Waals surface area contributed by atoms with Crippen molar-refractivity contribution in [2.45, 2.75) is 135 Å². The third-order valence-electron chi connectivity index (χ3n) is 10.9. The molecule has 0 nitrogen and oxygen atoms in total. The molecule has 0 unspecified atom stereocenters. The van der Waals surface area contributed by atoms with E-state index in [0.29, 0.717) is 0 Å². The summed E-state index contributed by atoms with van der Waals surface area (Å²) < 4.78 is 4.71. The summed E-state index contributed by atoms with van der Waals surface area (Å²) in [5.74, 6) is 0. The van der Waals surface area contributed by atoms with Crippen molar-refractivity contribution >= 4 is 79.6 Å². The Hall–Kier alpha value is -1.50. The van der Waals surface area contributed by atoms with Crippen molar-refractivity contribution in [1.82, 2.24) is 0 Å². The number of benzene rings is 4. The minimum atomic E-state index is 0.134. The molecule has 0 spiro atoms. The fourth-order valence-corrected chi connectivity index (χ4v) is 10.1. The summed E-state index contributed by atoms with van der Waals surface area (Å²) in [6, 6.07) is 26.9. The van der Waals surface area contributed by atoms with Gasteiger partial charge in [0.1, 0.15) is 0 Å². The van der Waals surface area contributed by atoms with Gasteiger partial charge >= 0.3 is 0 Å². The molecule has 4 aromatic carbocycles. The highest BCUT2D eigenvalue weighted by molar-refractivity contribution is 9.11. The molecule has 0 aliphatic heterocycles. The van der Waals surface area contributed by atoms with Gasteiger partial charge in [-0.15, -0.1) is 19.7 Å². The number of fused-ring (bicyclic) bond motifs is 6. The summed E-state index contributed by atoms with van der Waals surface area (Å²) in [5, 5.41) is 1.15. The molecule has 0 heterocycles. The molecule has 0 N–H and O–H groups in total. The van der Waals surface area contributed by atoms with Crippen LogP contribution in [0.15, 0.2) is 129 Å². The zero-order chi connectivity index (χ0) is 41.5. The Bertz CT molecular complexity index is 1700. The van der Waals surface area contributed by atoms with Crippen LogP contribution in [0.4, 0.5) is 0 Å². The molecule has 5 heteroatoms. The summed E-state index contributed by atoms with van der Waals surface area (Å²) in [4.78, 5) is 0. The monoisotopic (exact) mass is 1080 g/mol. The van der Waals surface area contributed by atoms with Gasteiger partial charge in [0.25, 0.3) is 0 Å². The molecule has 0 fully saturated rings. The average molecular weight is 1090 g/mol. The Morgan fingerprint density at radius 3 is 1.16 bits per heavy atom. The third kappa shape index (κ3) is 15.5. The molecule has 308 valence electrons. The largest absolute Gasteiger partial charge is 0.103 e. The predicted octanol–water partition coefficient (Wildman–Crippen LogP) is 19.9. The Morgan fingerprint density at radius 1 is 0.456 bits per heavy atom. The number of hydrogen-bond acceptors (Lipinski definition) is 0. The van der Waals surface area contributed by atoms with Crippen LogP contribution in [-0.2, 0) is 11.8 Å². The fourth-order valence-electron chi connectivity index (χ4n) is 8.13. The number of unbranched alkanes of at least 4 members (excludes halogenated alkanes) is 12. The van der Waals surface area contributed by atoms with Gasteiger partial charge < -0.3 is 0 Å². The Kier molecular flexibility index (Phi) is 24.6. The van der Waals surface area contributed by atoms with Gasteiger partial charge in [-0.3, -0.25) is 0 Å². The van der Waals surface area contributed by atoms with Crippen molar-refractivity contribution in [3.8, 4) is 22.3 Å². The van der Waals surface area contributed by atoms with Crippen LogP contribution < -0.4 is 0 Å². The van der Waals surface area contributed by atoms with Crippen LogP contribution in [0.5, 0.6) is 0 Å². The van der Waals surface area contributed by atoms with Crippen LogP contribution in [0, 0.1) is 0 Å². The predicted molar refractivity (Wildman–Crippen MR) is 272 cm³/mol. The molecule has 0 radical (unpaired) electrons. The molecule has 2 aliphatic rings. The van der Waals surface area contributed by atoms with E-state index in [1.54, 1.807) is 0 Å². The molecule has 0 saturated heterocycles. The molecule has 0 atom stereocenters. The molecule has 57 heavy (non-hydrogen) atoms. The standard InChI is InChI=1S/C29H36Br2.C13H8Br2.C8H15Br.C2H6/c1-3-5-7-9-11-13-19-29(20-14-12-10-8-6-4-2)27-21-23(30)15-17-25(27)26-18-16-24(31)22-28(26)29;14-10-1-3-12-8(6-10)5-9-7-11(15)2-4-13(9)12;1-2-3-4-5-6-7-8-9;1-2/h3-4,15-18,21-22H,1-2,5-14,19-20H2;1-4,6-7H,5H2;2H,1,3-8H2;1-2H3. The van der Waals surface area contributed by atoms with E-state index in [4.69, 9.17) is 0 Å². The van der Waals surface area contributed by atoms with Gasteiger partial charge in [0.05, 0.1) is 0 Å². The molecular weight excluding hydrogens is 1020 g/mol. The van der Waals surface area contributed by atoms with E-state index in [2.05, 4.69) is 172 Å². The van der Waals surface area contributed by atoms with Crippen LogP contribution in [-0.4, -0.2) is 5.33 Å². The van der Waals surface area contributed by atoms with Crippen molar-refractivity contribution in [2.24, 2.45) is 0 Å². The first-order chi connectivity index (χ1) is 27.8. The van der Waals surface area contributed by atoms with Crippen molar-refractivity contribution in [3.05, 3.63) is 151 Å². The van der Waals surface area contributed by atoms with E-state index in [1.807, 2.05) is 32.1 Å². The molecule has 0 aromatic heterocycles. The zero-order valence-corrected chi connectivity index (χ0v) is 42.5. The summed E-state index contributed by atoms with van der Waals surface area (Å²) in [6.45, 7) is 15.4. The minimum Gasteiger partial charge on any atom is -0.103 e. The van der Waals surface area contributed by atoms with E-state index in [1.165, 1.54) is 150 Å². The summed E-state index contributed by atoms with van der Waals surface area (Å²) in [7, 11) is 0. The third-order valence-corrected chi connectivity index (χ3v) is 13.4. The summed E-state index contributed by atoms with van der Waals surface area (Å²) in [6.07, 6.45) is 28.8. The molecule has 4 aromatic rings. The molecule has 0 amide bonds. The lowest BCUT2D eigenvalue weighted by molar-refractivity contribution is 0.399. The van der Waals surface area contributed by atoms with Crippen molar-refractivity contribution in [1.29, 1.82) is 0 Å². The van der Waals surface area contributed by atoms with Gasteiger partial charge in [0.15, 0.2) is 0 Å².